The van der Waals surface area contributed by atoms with Gasteiger partial charge in [0.1, 0.15) is 5.78 Å². The highest BCUT2D eigenvalue weighted by Gasteiger charge is 2.80. The number of hydrogen-bond donors (Lipinski definition) is 1. The van der Waals surface area contributed by atoms with Crippen LogP contribution in [0.15, 0.2) is 0 Å². The maximum Gasteiger partial charge on any atom is 0.142 e. The standard InChI is InChI=1S/C30H48O3/c1-24(2)14-15-29-18-33-30(21(29)16-24)13-9-20-26(5)11-10-22(31)25(3,4)19(26)8-12-27(20,6)28(30,7)17-23(29)32/h19-22,31H,8-18H2,1-7H3/t19-,20-,21-,22+,26-,27-,28+,29-,30+/m1/s1. The quantitative estimate of drug-likeness (QED) is 0.449. The van der Waals surface area contributed by atoms with Crippen molar-refractivity contribution in [2.24, 2.45) is 50.2 Å². The molecule has 0 radical (unpaired) electrons. The van der Waals surface area contributed by atoms with Crippen molar-refractivity contribution >= 4 is 5.78 Å². The zero-order valence-corrected chi connectivity index (χ0v) is 22.4. The van der Waals surface area contributed by atoms with Crippen molar-refractivity contribution in [3.05, 3.63) is 0 Å². The minimum absolute atomic E-state index is 0.0286. The first kappa shape index (κ1) is 23.0. The maximum atomic E-state index is 14.1. The molecule has 1 N–H and O–H groups in total. The molecule has 3 heteroatoms. The molecule has 0 aromatic heterocycles. The van der Waals surface area contributed by atoms with Gasteiger partial charge in [0.15, 0.2) is 0 Å². The first-order valence-electron chi connectivity index (χ1n) is 14.0. The number of carbonyl (C=O) groups excluding carboxylic acids is 1. The largest absolute Gasteiger partial charge is 0.393 e. The SMILES string of the molecule is CC1(C)CC[C@]23CO[C@@]4(CC[C@@H]5[C@]6(C)CC[C@H](O)C(C)(C)[C@H]6CC[C@@]5(C)[C@]4(C)CC2=O)[C@@H]3C1. The minimum atomic E-state index is -0.198. The fourth-order valence-electron chi connectivity index (χ4n) is 11.7. The summed E-state index contributed by atoms with van der Waals surface area (Å²) in [7, 11) is 0. The Labute approximate surface area is 201 Å². The Bertz CT molecular complexity index is 891. The van der Waals surface area contributed by atoms with Crippen molar-refractivity contribution in [2.75, 3.05) is 6.61 Å². The van der Waals surface area contributed by atoms with Crippen LogP contribution >= 0.6 is 0 Å². The van der Waals surface area contributed by atoms with E-state index in [0.29, 0.717) is 35.6 Å². The summed E-state index contributed by atoms with van der Waals surface area (Å²) in [4.78, 5) is 14.1. The third-order valence-electron chi connectivity index (χ3n) is 13.9. The third kappa shape index (κ3) is 2.39. The van der Waals surface area contributed by atoms with Crippen molar-refractivity contribution < 1.29 is 14.6 Å². The lowest BCUT2D eigenvalue weighted by atomic mass is 9.30. The topological polar surface area (TPSA) is 46.5 Å². The molecule has 5 aliphatic carbocycles. The van der Waals surface area contributed by atoms with Crippen molar-refractivity contribution in [1.29, 1.82) is 0 Å². The number of ketones is 1. The molecule has 2 bridgehead atoms. The number of rotatable bonds is 0. The summed E-state index contributed by atoms with van der Waals surface area (Å²) in [6, 6.07) is 0. The zero-order valence-electron chi connectivity index (χ0n) is 22.4. The number of Topliss-reactive ketones (excluding diaryl/α,β-unsaturated/α-hetero) is 1. The van der Waals surface area contributed by atoms with Gasteiger partial charge in [-0.3, -0.25) is 4.79 Å². The molecule has 5 saturated carbocycles. The summed E-state index contributed by atoms with van der Waals surface area (Å²) < 4.78 is 7.05. The molecule has 9 atom stereocenters. The highest BCUT2D eigenvalue weighted by molar-refractivity contribution is 5.88. The van der Waals surface area contributed by atoms with Gasteiger partial charge in [0.25, 0.3) is 0 Å². The molecular weight excluding hydrogens is 408 g/mol. The second kappa shape index (κ2) is 6.28. The fourth-order valence-corrected chi connectivity index (χ4v) is 11.7. The van der Waals surface area contributed by atoms with Crippen molar-refractivity contribution in [2.45, 2.75) is 124 Å². The van der Waals surface area contributed by atoms with Gasteiger partial charge in [0.05, 0.1) is 23.7 Å². The van der Waals surface area contributed by atoms with E-state index in [9.17, 15) is 9.90 Å². The van der Waals surface area contributed by atoms with Crippen LogP contribution in [0.4, 0.5) is 0 Å². The van der Waals surface area contributed by atoms with Gasteiger partial charge < -0.3 is 9.84 Å². The summed E-state index contributed by atoms with van der Waals surface area (Å²) in [5, 5.41) is 10.9. The van der Waals surface area contributed by atoms with Crippen LogP contribution in [0.5, 0.6) is 0 Å². The van der Waals surface area contributed by atoms with Gasteiger partial charge in [-0.15, -0.1) is 0 Å². The molecule has 1 saturated heterocycles. The van der Waals surface area contributed by atoms with Gasteiger partial charge in [0.2, 0.25) is 0 Å². The van der Waals surface area contributed by atoms with E-state index in [1.165, 1.54) is 19.3 Å². The van der Waals surface area contributed by atoms with E-state index in [1.807, 2.05) is 0 Å². The smallest absolute Gasteiger partial charge is 0.142 e. The monoisotopic (exact) mass is 456 g/mol. The average Bonchev–Trinajstić information content (AvgIpc) is 2.99. The minimum Gasteiger partial charge on any atom is -0.393 e. The Hall–Kier alpha value is -0.410. The molecule has 0 unspecified atom stereocenters. The lowest BCUT2D eigenvalue weighted by molar-refractivity contribution is -0.282. The van der Waals surface area contributed by atoms with Crippen molar-refractivity contribution in [1.82, 2.24) is 0 Å². The van der Waals surface area contributed by atoms with E-state index in [4.69, 9.17) is 4.74 Å². The van der Waals surface area contributed by atoms with E-state index in [2.05, 4.69) is 48.5 Å². The van der Waals surface area contributed by atoms with Gasteiger partial charge in [-0.25, -0.2) is 0 Å². The lowest BCUT2D eigenvalue weighted by Gasteiger charge is -2.74. The fraction of sp³-hybridized carbons (Fsp3) is 0.967. The van der Waals surface area contributed by atoms with Crippen LogP contribution in [0.2, 0.25) is 0 Å². The summed E-state index contributed by atoms with van der Waals surface area (Å²) in [6.07, 6.45) is 10.6. The van der Waals surface area contributed by atoms with Crippen molar-refractivity contribution in [3.8, 4) is 0 Å². The second-order valence-corrected chi connectivity index (χ2v) is 15.7. The van der Waals surface area contributed by atoms with Crippen LogP contribution in [0.1, 0.15) is 113 Å². The molecule has 0 aromatic carbocycles. The molecular formula is C30H48O3. The molecule has 1 spiro atoms. The maximum absolute atomic E-state index is 14.1. The summed E-state index contributed by atoms with van der Waals surface area (Å²) in [5.41, 5.74) is 0.210. The van der Waals surface area contributed by atoms with E-state index < -0.39 is 0 Å². The normalized spacial score (nSPS) is 58.6. The van der Waals surface area contributed by atoms with Crippen LogP contribution in [0.3, 0.4) is 0 Å². The Kier molecular flexibility index (Phi) is 4.38. The molecule has 0 aromatic rings. The summed E-state index contributed by atoms with van der Waals surface area (Å²) >= 11 is 0. The van der Waals surface area contributed by atoms with Crippen LogP contribution in [0.25, 0.3) is 0 Å². The lowest BCUT2D eigenvalue weighted by Crippen LogP contribution is -2.73. The number of aliphatic hydroxyl groups is 1. The molecule has 33 heavy (non-hydrogen) atoms. The van der Waals surface area contributed by atoms with Gasteiger partial charge in [-0.2, -0.15) is 0 Å². The predicted octanol–water partition coefficient (Wildman–Crippen LogP) is 6.56. The Balaban J connectivity index is 1.46. The number of aliphatic hydroxyl groups excluding tert-OH is 1. The van der Waals surface area contributed by atoms with Gasteiger partial charge in [0, 0.05) is 17.8 Å². The van der Waals surface area contributed by atoms with E-state index in [0.717, 1.165) is 44.9 Å². The molecule has 186 valence electrons. The van der Waals surface area contributed by atoms with Crippen LogP contribution < -0.4 is 0 Å². The Morgan fingerprint density at radius 2 is 1.52 bits per heavy atom. The molecule has 6 fully saturated rings. The number of fused-ring (bicyclic) bond motifs is 4. The van der Waals surface area contributed by atoms with Crippen LogP contribution in [0, 0.1) is 50.2 Å². The third-order valence-corrected chi connectivity index (χ3v) is 13.9. The molecule has 6 rings (SSSR count). The molecule has 0 amide bonds. The van der Waals surface area contributed by atoms with Crippen LogP contribution in [-0.4, -0.2) is 29.2 Å². The first-order chi connectivity index (χ1) is 15.2. The van der Waals surface area contributed by atoms with Crippen molar-refractivity contribution in [3.63, 3.8) is 0 Å². The molecule has 3 nitrogen and oxygen atoms in total. The van der Waals surface area contributed by atoms with Gasteiger partial charge >= 0.3 is 0 Å². The number of hydrogen-bond acceptors (Lipinski definition) is 3. The van der Waals surface area contributed by atoms with E-state index in [1.54, 1.807) is 0 Å². The molecule has 6 aliphatic rings. The predicted molar refractivity (Wildman–Crippen MR) is 131 cm³/mol. The van der Waals surface area contributed by atoms with E-state index >= 15 is 0 Å². The molecule has 1 aliphatic heterocycles. The molecule has 1 heterocycles. The highest BCUT2D eigenvalue weighted by Crippen LogP contribution is 2.79. The van der Waals surface area contributed by atoms with Gasteiger partial charge in [-0.05, 0) is 91.3 Å². The Morgan fingerprint density at radius 1 is 0.818 bits per heavy atom. The second-order valence-electron chi connectivity index (χ2n) is 15.7. The Morgan fingerprint density at radius 3 is 2.24 bits per heavy atom. The summed E-state index contributed by atoms with van der Waals surface area (Å²) in [6.45, 7) is 17.8. The first-order valence-corrected chi connectivity index (χ1v) is 14.0. The number of ether oxygens (including phenoxy) is 1. The zero-order chi connectivity index (χ0) is 23.9. The summed E-state index contributed by atoms with van der Waals surface area (Å²) in [5.74, 6) is 2.09. The highest BCUT2D eigenvalue weighted by atomic mass is 16.5. The van der Waals surface area contributed by atoms with Gasteiger partial charge in [-0.1, -0.05) is 48.5 Å². The van der Waals surface area contributed by atoms with E-state index in [-0.39, 0.29) is 38.8 Å². The number of carbonyl (C=O) groups is 1. The van der Waals surface area contributed by atoms with Crippen LogP contribution in [-0.2, 0) is 9.53 Å². The average molecular weight is 457 g/mol.